The topological polar surface area (TPSA) is 73.6 Å². The molecule has 0 saturated heterocycles. The van der Waals surface area contributed by atoms with Crippen LogP contribution in [0.3, 0.4) is 0 Å². The summed E-state index contributed by atoms with van der Waals surface area (Å²) in [4.78, 5) is 15.9. The lowest BCUT2D eigenvalue weighted by Gasteiger charge is -2.06. The Hall–Kier alpha value is -3.28. The summed E-state index contributed by atoms with van der Waals surface area (Å²) in [5.41, 5.74) is 0.212. The smallest absolute Gasteiger partial charge is 0.273 e. The van der Waals surface area contributed by atoms with Crippen LogP contribution in [-0.2, 0) is 6.61 Å². The molecule has 0 radical (unpaired) electrons. The minimum Gasteiger partial charge on any atom is -0.497 e. The number of aromatic nitrogens is 1. The monoisotopic (exact) mass is 338 g/mol. The Morgan fingerprint density at radius 1 is 1.24 bits per heavy atom. The molecule has 1 amide bonds. The first-order chi connectivity index (χ1) is 12.2. The molecule has 3 rings (SSSR count). The molecule has 0 aliphatic carbocycles. The Balaban J connectivity index is 1.67. The molecule has 0 atom stereocenters. The number of oxazole rings is 1. The summed E-state index contributed by atoms with van der Waals surface area (Å²) in [6.45, 7) is 4.04. The number of carbonyl (C=O) groups excluding carboxylic acids is 1. The van der Waals surface area contributed by atoms with E-state index in [1.165, 1.54) is 6.26 Å². The summed E-state index contributed by atoms with van der Waals surface area (Å²) in [7, 11) is 1.63. The van der Waals surface area contributed by atoms with E-state index in [2.05, 4.69) is 16.9 Å². The Kier molecular flexibility index (Phi) is 4.99. The van der Waals surface area contributed by atoms with Gasteiger partial charge in [0.1, 0.15) is 17.8 Å². The van der Waals surface area contributed by atoms with Crippen molar-refractivity contribution in [1.29, 1.82) is 0 Å². The molecule has 0 aliphatic heterocycles. The molecule has 0 spiro atoms. The van der Waals surface area contributed by atoms with Gasteiger partial charge in [-0.1, -0.05) is 18.2 Å². The van der Waals surface area contributed by atoms with E-state index in [0.29, 0.717) is 18.2 Å². The van der Waals surface area contributed by atoms with Crippen LogP contribution in [0.4, 0.5) is 0 Å². The molecule has 0 aliphatic rings. The normalized spacial score (nSPS) is 10.4. The van der Waals surface area contributed by atoms with E-state index in [-0.39, 0.29) is 18.2 Å². The van der Waals surface area contributed by atoms with E-state index in [0.717, 1.165) is 16.5 Å². The third-order valence-corrected chi connectivity index (χ3v) is 3.57. The molecular weight excluding hydrogens is 320 g/mol. The van der Waals surface area contributed by atoms with E-state index in [4.69, 9.17) is 13.9 Å². The molecule has 0 fully saturated rings. The van der Waals surface area contributed by atoms with Crippen molar-refractivity contribution >= 4 is 16.7 Å². The number of hydrogen-bond donors (Lipinski definition) is 1. The first kappa shape index (κ1) is 16.6. The van der Waals surface area contributed by atoms with Crippen LogP contribution in [0.25, 0.3) is 10.8 Å². The highest BCUT2D eigenvalue weighted by molar-refractivity contribution is 5.92. The zero-order chi connectivity index (χ0) is 17.6. The van der Waals surface area contributed by atoms with Gasteiger partial charge in [0, 0.05) is 6.54 Å². The standard InChI is InChI=1S/C19H18N2O4/c1-3-8-20-19(22)17-11-25-18(21-17)12-24-16-7-5-13-4-6-15(23-2)9-14(13)10-16/h3-7,9-11H,1,8,12H2,2H3,(H,20,22). The Bertz CT molecular complexity index is 901. The first-order valence-electron chi connectivity index (χ1n) is 7.73. The van der Waals surface area contributed by atoms with Crippen LogP contribution < -0.4 is 14.8 Å². The molecule has 128 valence electrons. The number of nitrogens with zero attached hydrogens (tertiary/aromatic N) is 1. The van der Waals surface area contributed by atoms with E-state index in [1.807, 2.05) is 36.4 Å². The van der Waals surface area contributed by atoms with Gasteiger partial charge >= 0.3 is 0 Å². The molecule has 6 heteroatoms. The van der Waals surface area contributed by atoms with Gasteiger partial charge in [0.15, 0.2) is 12.3 Å². The van der Waals surface area contributed by atoms with Crippen LogP contribution in [0.5, 0.6) is 11.5 Å². The summed E-state index contributed by atoms with van der Waals surface area (Å²) in [6, 6.07) is 11.6. The first-order valence-corrected chi connectivity index (χ1v) is 7.73. The van der Waals surface area contributed by atoms with E-state index < -0.39 is 0 Å². The van der Waals surface area contributed by atoms with Crippen LogP contribution in [0.2, 0.25) is 0 Å². The molecule has 6 nitrogen and oxygen atoms in total. The zero-order valence-electron chi connectivity index (χ0n) is 13.8. The molecule has 1 heterocycles. The highest BCUT2D eigenvalue weighted by atomic mass is 16.5. The van der Waals surface area contributed by atoms with Gasteiger partial charge in [0.05, 0.1) is 7.11 Å². The molecule has 0 bridgehead atoms. The van der Waals surface area contributed by atoms with Crippen molar-refractivity contribution in [2.75, 3.05) is 13.7 Å². The number of ether oxygens (including phenoxy) is 2. The maximum atomic E-state index is 11.8. The molecular formula is C19H18N2O4. The van der Waals surface area contributed by atoms with Gasteiger partial charge in [0.25, 0.3) is 5.91 Å². The van der Waals surface area contributed by atoms with Crippen molar-refractivity contribution in [2.24, 2.45) is 0 Å². The van der Waals surface area contributed by atoms with Crippen LogP contribution in [0.15, 0.2) is 59.7 Å². The number of amides is 1. The Morgan fingerprint density at radius 2 is 2.00 bits per heavy atom. The molecule has 1 N–H and O–H groups in total. The third kappa shape index (κ3) is 3.98. The van der Waals surface area contributed by atoms with E-state index >= 15 is 0 Å². The molecule has 2 aromatic carbocycles. The minimum atomic E-state index is -0.312. The lowest BCUT2D eigenvalue weighted by Crippen LogP contribution is -2.23. The fourth-order valence-corrected chi connectivity index (χ4v) is 2.30. The number of methoxy groups -OCH3 is 1. The highest BCUT2D eigenvalue weighted by Crippen LogP contribution is 2.25. The van der Waals surface area contributed by atoms with Crippen LogP contribution in [0.1, 0.15) is 16.4 Å². The Morgan fingerprint density at radius 3 is 2.76 bits per heavy atom. The fraction of sp³-hybridized carbons (Fsp3) is 0.158. The summed E-state index contributed by atoms with van der Waals surface area (Å²) >= 11 is 0. The summed E-state index contributed by atoms with van der Waals surface area (Å²) < 4.78 is 16.2. The van der Waals surface area contributed by atoms with Crippen LogP contribution >= 0.6 is 0 Å². The van der Waals surface area contributed by atoms with Gasteiger partial charge in [-0.3, -0.25) is 4.79 Å². The van der Waals surface area contributed by atoms with Gasteiger partial charge in [-0.2, -0.15) is 0 Å². The lowest BCUT2D eigenvalue weighted by molar-refractivity contribution is 0.0953. The second-order valence-electron chi connectivity index (χ2n) is 5.29. The third-order valence-electron chi connectivity index (χ3n) is 3.57. The van der Waals surface area contributed by atoms with E-state index in [1.54, 1.807) is 13.2 Å². The van der Waals surface area contributed by atoms with Crippen molar-refractivity contribution in [1.82, 2.24) is 10.3 Å². The van der Waals surface area contributed by atoms with Crippen molar-refractivity contribution in [3.8, 4) is 11.5 Å². The molecule has 0 saturated carbocycles. The van der Waals surface area contributed by atoms with Gasteiger partial charge in [0.2, 0.25) is 5.89 Å². The van der Waals surface area contributed by atoms with Gasteiger partial charge in [-0.15, -0.1) is 6.58 Å². The number of nitrogens with one attached hydrogen (secondary N) is 1. The lowest BCUT2D eigenvalue weighted by atomic mass is 10.1. The maximum Gasteiger partial charge on any atom is 0.273 e. The second kappa shape index (κ2) is 7.53. The predicted molar refractivity (Wildman–Crippen MR) is 93.9 cm³/mol. The quantitative estimate of drug-likeness (QED) is 0.669. The van der Waals surface area contributed by atoms with Crippen molar-refractivity contribution < 1.29 is 18.7 Å². The SMILES string of the molecule is C=CCNC(=O)c1coc(COc2ccc3ccc(OC)cc3c2)n1. The summed E-state index contributed by atoms with van der Waals surface area (Å²) in [5, 5.41) is 4.73. The zero-order valence-corrected chi connectivity index (χ0v) is 13.8. The largest absolute Gasteiger partial charge is 0.497 e. The number of benzene rings is 2. The highest BCUT2D eigenvalue weighted by Gasteiger charge is 2.11. The Labute approximate surface area is 145 Å². The van der Waals surface area contributed by atoms with Crippen molar-refractivity contribution in [2.45, 2.75) is 6.61 Å². The van der Waals surface area contributed by atoms with Gasteiger partial charge in [-0.05, 0) is 35.0 Å². The number of hydrogen-bond acceptors (Lipinski definition) is 5. The van der Waals surface area contributed by atoms with Crippen molar-refractivity contribution in [3.05, 3.63) is 66.9 Å². The van der Waals surface area contributed by atoms with Crippen LogP contribution in [-0.4, -0.2) is 24.5 Å². The summed E-state index contributed by atoms with van der Waals surface area (Å²) in [5.74, 6) is 1.48. The molecule has 0 unspecified atom stereocenters. The molecule has 3 aromatic rings. The minimum absolute atomic E-state index is 0.129. The van der Waals surface area contributed by atoms with Gasteiger partial charge < -0.3 is 19.2 Å². The average Bonchev–Trinajstić information content (AvgIpc) is 3.12. The number of rotatable bonds is 7. The second-order valence-corrected chi connectivity index (χ2v) is 5.29. The number of carbonyl (C=O) groups is 1. The molecule has 25 heavy (non-hydrogen) atoms. The fourth-order valence-electron chi connectivity index (χ4n) is 2.30. The van der Waals surface area contributed by atoms with Gasteiger partial charge in [-0.25, -0.2) is 4.98 Å². The maximum absolute atomic E-state index is 11.8. The van der Waals surface area contributed by atoms with E-state index in [9.17, 15) is 4.79 Å². The predicted octanol–water partition coefficient (Wildman–Crippen LogP) is 3.33. The molecule has 1 aromatic heterocycles. The average molecular weight is 338 g/mol. The van der Waals surface area contributed by atoms with Crippen LogP contribution in [0, 0.1) is 0 Å². The number of fused-ring (bicyclic) bond motifs is 1. The summed E-state index contributed by atoms with van der Waals surface area (Å²) in [6.07, 6.45) is 2.90. The van der Waals surface area contributed by atoms with Crippen molar-refractivity contribution in [3.63, 3.8) is 0 Å².